The van der Waals surface area contributed by atoms with Crippen LogP contribution in [0.4, 0.5) is 0 Å². The fraction of sp³-hybridized carbons (Fsp3) is 0.385. The van der Waals surface area contributed by atoms with Crippen molar-refractivity contribution in [2.45, 2.75) is 24.0 Å². The lowest BCUT2D eigenvalue weighted by molar-refractivity contribution is -0.305. The van der Waals surface area contributed by atoms with Crippen LogP contribution in [0.15, 0.2) is 24.3 Å². The minimum atomic E-state index is -1.16. The average Bonchev–Trinajstić information content (AvgIpc) is 2.64. The van der Waals surface area contributed by atoms with Crippen LogP contribution in [0.2, 0.25) is 5.02 Å². The molecule has 19 heavy (non-hydrogen) atoms. The van der Waals surface area contributed by atoms with Gasteiger partial charge in [0.05, 0.1) is 5.25 Å². The van der Waals surface area contributed by atoms with Gasteiger partial charge in [0, 0.05) is 29.5 Å². The summed E-state index contributed by atoms with van der Waals surface area (Å²) in [5.41, 5.74) is 0.838. The van der Waals surface area contributed by atoms with Crippen LogP contribution in [0.3, 0.4) is 0 Å². The number of amides is 1. The van der Waals surface area contributed by atoms with Gasteiger partial charge in [-0.1, -0.05) is 29.8 Å². The van der Waals surface area contributed by atoms with E-state index >= 15 is 0 Å². The van der Waals surface area contributed by atoms with Crippen molar-refractivity contribution >= 4 is 35.2 Å². The molecular weight excluding hydrogens is 286 g/mol. The molecule has 1 aromatic carbocycles. The molecular formula is C13H13ClNO3S-. The summed E-state index contributed by atoms with van der Waals surface area (Å²) in [6, 6.07) is 7.30. The first-order chi connectivity index (χ1) is 9.00. The van der Waals surface area contributed by atoms with Crippen LogP contribution in [0.25, 0.3) is 0 Å². The number of hydrogen-bond acceptors (Lipinski definition) is 4. The van der Waals surface area contributed by atoms with Gasteiger partial charge in [0.25, 0.3) is 0 Å². The van der Waals surface area contributed by atoms with E-state index in [2.05, 4.69) is 0 Å². The van der Waals surface area contributed by atoms with E-state index in [0.29, 0.717) is 5.02 Å². The summed E-state index contributed by atoms with van der Waals surface area (Å²) < 4.78 is 0. The first kappa shape index (κ1) is 14.2. The second kappa shape index (κ2) is 5.84. The Morgan fingerprint density at radius 1 is 1.47 bits per heavy atom. The van der Waals surface area contributed by atoms with E-state index in [1.165, 1.54) is 11.8 Å². The van der Waals surface area contributed by atoms with Gasteiger partial charge in [-0.05, 0) is 13.0 Å². The molecule has 6 heteroatoms. The van der Waals surface area contributed by atoms with Gasteiger partial charge in [-0.15, -0.1) is 11.8 Å². The quantitative estimate of drug-likeness (QED) is 0.844. The van der Waals surface area contributed by atoms with Gasteiger partial charge in [-0.25, -0.2) is 0 Å². The number of benzene rings is 1. The lowest BCUT2D eigenvalue weighted by atomic mass is 10.2. The van der Waals surface area contributed by atoms with Crippen molar-refractivity contribution in [2.75, 3.05) is 6.54 Å². The number of thioether (sulfide) groups is 1. The summed E-state index contributed by atoms with van der Waals surface area (Å²) in [5.74, 6) is -1.22. The first-order valence-corrected chi connectivity index (χ1v) is 7.23. The maximum atomic E-state index is 12.1. The molecule has 2 rings (SSSR count). The lowest BCUT2D eigenvalue weighted by Gasteiger charge is -2.25. The third-order valence-electron chi connectivity index (χ3n) is 2.98. The summed E-state index contributed by atoms with van der Waals surface area (Å²) in [6.45, 7) is 1.96. The molecule has 0 saturated carbocycles. The van der Waals surface area contributed by atoms with Gasteiger partial charge in [0.15, 0.2) is 0 Å². The number of carboxylic acid groups (broad SMARTS) is 1. The highest BCUT2D eigenvalue weighted by molar-refractivity contribution is 8.01. The second-order valence-electron chi connectivity index (χ2n) is 4.31. The van der Waals surface area contributed by atoms with Crippen molar-refractivity contribution in [3.8, 4) is 0 Å². The molecule has 1 heterocycles. The maximum absolute atomic E-state index is 12.1. The molecule has 1 aliphatic heterocycles. The predicted molar refractivity (Wildman–Crippen MR) is 72.6 cm³/mol. The van der Waals surface area contributed by atoms with Crippen LogP contribution in [0.5, 0.6) is 0 Å². The molecule has 0 radical (unpaired) electrons. The Morgan fingerprint density at radius 3 is 2.79 bits per heavy atom. The van der Waals surface area contributed by atoms with Crippen LogP contribution in [0, 0.1) is 0 Å². The summed E-state index contributed by atoms with van der Waals surface area (Å²) in [4.78, 5) is 24.2. The molecule has 0 unspecified atom stereocenters. The Morgan fingerprint density at radius 2 is 2.16 bits per heavy atom. The number of carboxylic acids is 1. The normalized spacial score (nSPS) is 22.8. The summed E-state index contributed by atoms with van der Waals surface area (Å²) in [5, 5.41) is 10.7. The molecule has 0 aliphatic carbocycles. The molecule has 1 saturated heterocycles. The van der Waals surface area contributed by atoms with Crippen LogP contribution < -0.4 is 5.11 Å². The Kier molecular flexibility index (Phi) is 4.37. The fourth-order valence-electron chi connectivity index (χ4n) is 2.03. The van der Waals surface area contributed by atoms with Crippen molar-refractivity contribution in [1.82, 2.24) is 4.90 Å². The second-order valence-corrected chi connectivity index (χ2v) is 6.14. The van der Waals surface area contributed by atoms with Gasteiger partial charge in [0.2, 0.25) is 5.91 Å². The zero-order valence-corrected chi connectivity index (χ0v) is 11.9. The van der Waals surface area contributed by atoms with Gasteiger partial charge in [0.1, 0.15) is 5.37 Å². The van der Waals surface area contributed by atoms with E-state index in [9.17, 15) is 14.7 Å². The third kappa shape index (κ3) is 3.04. The van der Waals surface area contributed by atoms with Crippen LogP contribution in [-0.4, -0.2) is 28.6 Å². The third-order valence-corrected chi connectivity index (χ3v) is 4.70. The fourth-order valence-corrected chi connectivity index (χ4v) is 3.68. The summed E-state index contributed by atoms with van der Waals surface area (Å²) in [6.07, 6.45) is -0.167. The first-order valence-electron chi connectivity index (χ1n) is 5.91. The van der Waals surface area contributed by atoms with Crippen molar-refractivity contribution in [3.63, 3.8) is 0 Å². The van der Waals surface area contributed by atoms with E-state index in [1.807, 2.05) is 25.1 Å². The van der Waals surface area contributed by atoms with Crippen molar-refractivity contribution in [2.24, 2.45) is 0 Å². The zero-order chi connectivity index (χ0) is 14.0. The van der Waals surface area contributed by atoms with Crippen molar-refractivity contribution in [3.05, 3.63) is 34.9 Å². The minimum Gasteiger partial charge on any atom is -0.550 e. The molecule has 1 aliphatic rings. The molecule has 1 fully saturated rings. The van der Waals surface area contributed by atoms with Gasteiger partial charge < -0.3 is 14.8 Å². The average molecular weight is 299 g/mol. The van der Waals surface area contributed by atoms with Crippen LogP contribution >= 0.6 is 23.4 Å². The SMILES string of the molecule is C[C@@H]1S[C@@H](c2ccccc2Cl)N(CCC(=O)[O-])C1=O. The van der Waals surface area contributed by atoms with Gasteiger partial charge in [-0.2, -0.15) is 0 Å². The molecule has 2 atom stereocenters. The highest BCUT2D eigenvalue weighted by Crippen LogP contribution is 2.44. The smallest absolute Gasteiger partial charge is 0.236 e. The van der Waals surface area contributed by atoms with Crippen molar-refractivity contribution in [1.29, 1.82) is 0 Å². The van der Waals surface area contributed by atoms with E-state index in [1.54, 1.807) is 11.0 Å². The molecule has 0 N–H and O–H groups in total. The Balaban J connectivity index is 2.25. The van der Waals surface area contributed by atoms with E-state index in [-0.39, 0.29) is 29.5 Å². The number of nitrogens with zero attached hydrogens (tertiary/aromatic N) is 1. The van der Waals surface area contributed by atoms with E-state index in [4.69, 9.17) is 11.6 Å². The van der Waals surface area contributed by atoms with E-state index in [0.717, 1.165) is 5.56 Å². The number of carbonyl (C=O) groups is 2. The molecule has 0 spiro atoms. The highest BCUT2D eigenvalue weighted by atomic mass is 35.5. The van der Waals surface area contributed by atoms with Gasteiger partial charge in [-0.3, -0.25) is 4.79 Å². The number of halogens is 1. The standard InChI is InChI=1S/C13H14ClNO3S/c1-8-12(18)15(7-6-11(16)17)13(19-8)9-4-2-3-5-10(9)14/h2-5,8,13H,6-7H2,1H3,(H,16,17)/p-1/t8-,13-/m0/s1. The predicted octanol–water partition coefficient (Wildman–Crippen LogP) is 1.44. The monoisotopic (exact) mass is 298 g/mol. The lowest BCUT2D eigenvalue weighted by Crippen LogP contribution is -2.35. The Labute approximate surface area is 120 Å². The molecule has 102 valence electrons. The Bertz CT molecular complexity index is 508. The highest BCUT2D eigenvalue weighted by Gasteiger charge is 2.38. The zero-order valence-electron chi connectivity index (χ0n) is 10.3. The van der Waals surface area contributed by atoms with Gasteiger partial charge >= 0.3 is 0 Å². The molecule has 4 nitrogen and oxygen atoms in total. The number of hydrogen-bond donors (Lipinski definition) is 0. The summed E-state index contributed by atoms with van der Waals surface area (Å²) in [7, 11) is 0. The van der Waals surface area contributed by atoms with Crippen molar-refractivity contribution < 1.29 is 14.7 Å². The molecule has 0 aromatic heterocycles. The molecule has 0 bridgehead atoms. The number of carbonyl (C=O) groups excluding carboxylic acids is 2. The number of aliphatic carboxylic acids is 1. The van der Waals surface area contributed by atoms with Crippen LogP contribution in [-0.2, 0) is 9.59 Å². The largest absolute Gasteiger partial charge is 0.550 e. The maximum Gasteiger partial charge on any atom is 0.236 e. The van der Waals surface area contributed by atoms with Crippen LogP contribution in [0.1, 0.15) is 24.3 Å². The summed E-state index contributed by atoms with van der Waals surface area (Å²) >= 11 is 7.63. The molecule has 1 aromatic rings. The van der Waals surface area contributed by atoms with E-state index < -0.39 is 5.97 Å². The number of rotatable bonds is 4. The molecule has 1 amide bonds. The Hall–Kier alpha value is -1.20. The minimum absolute atomic E-state index is 0.0591. The topological polar surface area (TPSA) is 60.4 Å².